The number of amides is 2. The fourth-order valence-corrected chi connectivity index (χ4v) is 6.56. The third-order valence-electron chi connectivity index (χ3n) is 8.95. The summed E-state index contributed by atoms with van der Waals surface area (Å²) < 4.78 is 42.5. The van der Waals surface area contributed by atoms with Gasteiger partial charge in [0.2, 0.25) is 5.91 Å². The molecule has 0 spiro atoms. The Kier molecular flexibility index (Phi) is 6.36. The molecule has 1 aliphatic carbocycles. The van der Waals surface area contributed by atoms with Crippen LogP contribution in [0.4, 0.5) is 13.2 Å². The van der Waals surface area contributed by atoms with Gasteiger partial charge in [0, 0.05) is 44.2 Å². The molecule has 3 aliphatic heterocycles. The molecule has 222 valence electrons. The van der Waals surface area contributed by atoms with Gasteiger partial charge in [-0.1, -0.05) is 19.1 Å². The maximum atomic E-state index is 14.0. The monoisotopic (exact) mass is 591 g/mol. The molecule has 13 heteroatoms. The van der Waals surface area contributed by atoms with Crippen LogP contribution in [-0.2, 0) is 23.8 Å². The van der Waals surface area contributed by atoms with Crippen LogP contribution in [0.5, 0.6) is 5.75 Å². The molecule has 0 radical (unpaired) electrons. The van der Waals surface area contributed by atoms with E-state index in [1.165, 1.54) is 17.4 Å². The van der Waals surface area contributed by atoms with E-state index in [-0.39, 0.29) is 47.8 Å². The largest absolute Gasteiger partial charge is 0.506 e. The van der Waals surface area contributed by atoms with Crippen molar-refractivity contribution in [1.29, 1.82) is 0 Å². The van der Waals surface area contributed by atoms with Gasteiger partial charge in [-0.3, -0.25) is 19.6 Å². The normalized spacial score (nSPS) is 19.5. The molecule has 1 fully saturated rings. The minimum Gasteiger partial charge on any atom is -0.506 e. The molecule has 7 rings (SSSR count). The number of phenolic OH excluding ortho intramolecular Hbond substituents is 1. The molecule has 43 heavy (non-hydrogen) atoms. The highest BCUT2D eigenvalue weighted by molar-refractivity contribution is 5.93. The topological polar surface area (TPSA) is 116 Å². The van der Waals surface area contributed by atoms with Crippen LogP contribution >= 0.6 is 0 Å². The fourth-order valence-electron chi connectivity index (χ4n) is 6.56. The number of halogens is 3. The highest BCUT2D eigenvalue weighted by atomic mass is 19.4. The molecule has 4 aliphatic rings. The van der Waals surface area contributed by atoms with Crippen LogP contribution in [0.1, 0.15) is 69.8 Å². The fraction of sp³-hybridized carbons (Fsp3) is 0.400. The standard InChI is InChI=1S/C30H28F3N7O3/c1-2-24(42)38-10-8-19-25-21(40(37-19)20-7-6-17(12-23(20)41)16-4-3-5-16)9-11-39(22(25)14-38)29(43)28-27-26(35-15-36-27)18(13-34-28)30(31,32)33/h2,6-7,12-13,16,22,41H,1,3-5,8-11,14-15H2. The molecular weight excluding hydrogens is 563 g/mol. The molecule has 1 aromatic carbocycles. The maximum Gasteiger partial charge on any atom is 0.420 e. The van der Waals surface area contributed by atoms with Crippen LogP contribution < -0.4 is 10.7 Å². The van der Waals surface area contributed by atoms with Gasteiger partial charge in [0.25, 0.3) is 5.91 Å². The smallest absolute Gasteiger partial charge is 0.420 e. The van der Waals surface area contributed by atoms with Crippen molar-refractivity contribution < 1.29 is 27.9 Å². The molecule has 0 saturated heterocycles. The number of aromatic hydroxyl groups is 1. The van der Waals surface area contributed by atoms with Gasteiger partial charge in [-0.2, -0.15) is 18.3 Å². The van der Waals surface area contributed by atoms with E-state index >= 15 is 0 Å². The molecule has 0 bridgehead atoms. The van der Waals surface area contributed by atoms with Crippen molar-refractivity contribution in [1.82, 2.24) is 24.6 Å². The highest BCUT2D eigenvalue weighted by Gasteiger charge is 2.42. The SMILES string of the molecule is C=CC(=O)N1CCc2nn(-c3ccc(C4CCC4)cc3O)c3c2C(C1)N(C(=O)c1ncc(C(F)(F)F)c2c1=NCN=2)CC3. The number of benzene rings is 1. The molecular formula is C30H28F3N7O3. The molecule has 2 amide bonds. The summed E-state index contributed by atoms with van der Waals surface area (Å²) in [6.45, 7) is 4.04. The second-order valence-electron chi connectivity index (χ2n) is 11.3. The van der Waals surface area contributed by atoms with E-state index in [4.69, 9.17) is 5.10 Å². The Morgan fingerprint density at radius 2 is 1.88 bits per heavy atom. The van der Waals surface area contributed by atoms with E-state index in [2.05, 4.69) is 21.5 Å². The van der Waals surface area contributed by atoms with E-state index in [0.29, 0.717) is 42.9 Å². The molecule has 1 saturated carbocycles. The van der Waals surface area contributed by atoms with Gasteiger partial charge in [-0.15, -0.1) is 0 Å². The minimum atomic E-state index is -4.69. The number of nitrogens with zero attached hydrogens (tertiary/aromatic N) is 7. The highest BCUT2D eigenvalue weighted by Crippen LogP contribution is 2.41. The number of phenols is 1. The summed E-state index contributed by atoms with van der Waals surface area (Å²) in [4.78, 5) is 41.8. The summed E-state index contributed by atoms with van der Waals surface area (Å²) in [7, 11) is 0. The predicted molar refractivity (Wildman–Crippen MR) is 146 cm³/mol. The number of fused-ring (bicyclic) bond motifs is 1. The molecule has 1 atom stereocenters. The van der Waals surface area contributed by atoms with E-state index in [1.807, 2.05) is 12.1 Å². The number of hydrogen-bond acceptors (Lipinski definition) is 7. The Hall–Kier alpha value is -4.55. The van der Waals surface area contributed by atoms with Crippen molar-refractivity contribution in [2.75, 3.05) is 26.3 Å². The van der Waals surface area contributed by atoms with Crippen LogP contribution in [0.25, 0.3) is 5.69 Å². The quantitative estimate of drug-likeness (QED) is 0.469. The zero-order valence-corrected chi connectivity index (χ0v) is 23.1. The molecule has 1 N–H and O–H groups in total. The Labute approximate surface area is 243 Å². The summed E-state index contributed by atoms with van der Waals surface area (Å²) in [5.41, 5.74) is 2.65. The Bertz CT molecular complexity index is 1810. The van der Waals surface area contributed by atoms with Gasteiger partial charge in [0.1, 0.15) is 34.4 Å². The Morgan fingerprint density at radius 3 is 2.58 bits per heavy atom. The van der Waals surface area contributed by atoms with Crippen LogP contribution in [0.15, 0.2) is 47.0 Å². The van der Waals surface area contributed by atoms with Gasteiger partial charge in [-0.05, 0) is 42.5 Å². The summed E-state index contributed by atoms with van der Waals surface area (Å²) in [5.74, 6) is -0.332. The Balaban J connectivity index is 1.31. The molecule has 3 aromatic rings. The number of rotatable bonds is 4. The van der Waals surface area contributed by atoms with E-state index in [9.17, 15) is 27.9 Å². The summed E-state index contributed by atoms with van der Waals surface area (Å²) in [6.07, 6.45) is 1.31. The minimum absolute atomic E-state index is 0.117. The second kappa shape index (κ2) is 10.0. The van der Waals surface area contributed by atoms with Crippen LogP contribution in [0.3, 0.4) is 0 Å². The first-order valence-electron chi connectivity index (χ1n) is 14.3. The second-order valence-corrected chi connectivity index (χ2v) is 11.3. The molecule has 2 aromatic heterocycles. The lowest BCUT2D eigenvalue weighted by Crippen LogP contribution is -2.48. The van der Waals surface area contributed by atoms with Gasteiger partial charge in [0.05, 0.1) is 17.4 Å². The van der Waals surface area contributed by atoms with Gasteiger partial charge >= 0.3 is 6.18 Å². The lowest BCUT2D eigenvalue weighted by Gasteiger charge is -2.37. The van der Waals surface area contributed by atoms with Crippen LogP contribution in [0.2, 0.25) is 0 Å². The summed E-state index contributed by atoms with van der Waals surface area (Å²) >= 11 is 0. The molecule has 1 unspecified atom stereocenters. The zero-order chi connectivity index (χ0) is 30.0. The van der Waals surface area contributed by atoms with Crippen molar-refractivity contribution in [2.45, 2.75) is 50.2 Å². The lowest BCUT2D eigenvalue weighted by molar-refractivity contribution is -0.138. The number of carbonyl (C=O) groups excluding carboxylic acids is 2. The van der Waals surface area contributed by atoms with Crippen molar-refractivity contribution >= 4 is 11.8 Å². The Morgan fingerprint density at radius 1 is 1.09 bits per heavy atom. The third-order valence-corrected chi connectivity index (χ3v) is 8.95. The first-order valence-corrected chi connectivity index (χ1v) is 14.3. The maximum absolute atomic E-state index is 14.0. The number of carbonyl (C=O) groups is 2. The predicted octanol–water partition coefficient (Wildman–Crippen LogP) is 2.78. The van der Waals surface area contributed by atoms with E-state index in [1.54, 1.807) is 15.6 Å². The number of alkyl halides is 3. The summed E-state index contributed by atoms with van der Waals surface area (Å²) in [5, 5.41) is 15.4. The lowest BCUT2D eigenvalue weighted by atomic mass is 9.80. The van der Waals surface area contributed by atoms with Crippen molar-refractivity contribution in [2.24, 2.45) is 9.98 Å². The van der Waals surface area contributed by atoms with Crippen LogP contribution in [0, 0.1) is 0 Å². The third kappa shape index (κ3) is 4.40. The van der Waals surface area contributed by atoms with Crippen molar-refractivity contribution in [3.05, 3.63) is 81.5 Å². The number of aromatic nitrogens is 3. The molecule has 5 heterocycles. The van der Waals surface area contributed by atoms with Crippen molar-refractivity contribution in [3.63, 3.8) is 0 Å². The van der Waals surface area contributed by atoms with Gasteiger partial charge < -0.3 is 14.9 Å². The van der Waals surface area contributed by atoms with Gasteiger partial charge in [-0.25, -0.2) is 9.67 Å². The zero-order valence-electron chi connectivity index (χ0n) is 23.1. The average molecular weight is 592 g/mol. The number of pyridine rings is 1. The molecule has 10 nitrogen and oxygen atoms in total. The average Bonchev–Trinajstić information content (AvgIpc) is 3.53. The van der Waals surface area contributed by atoms with E-state index in [0.717, 1.165) is 29.7 Å². The van der Waals surface area contributed by atoms with Crippen LogP contribution in [-0.4, -0.2) is 67.8 Å². The summed E-state index contributed by atoms with van der Waals surface area (Å²) in [6, 6.07) is 5.03. The van der Waals surface area contributed by atoms with Crippen molar-refractivity contribution in [3.8, 4) is 11.4 Å². The number of hydrogen-bond donors (Lipinski definition) is 1. The van der Waals surface area contributed by atoms with Gasteiger partial charge in [0.15, 0.2) is 5.69 Å². The van der Waals surface area contributed by atoms with E-state index < -0.39 is 23.7 Å². The first kappa shape index (κ1) is 27.3. The first-order chi connectivity index (χ1) is 20.7.